The van der Waals surface area contributed by atoms with Crippen LogP contribution >= 0.6 is 0 Å². The summed E-state index contributed by atoms with van der Waals surface area (Å²) in [5, 5.41) is 2.95. The number of hydrogen-bond acceptors (Lipinski definition) is 5. The normalized spacial score (nSPS) is 20.1. The molecule has 1 fully saturated rings. The molecule has 1 N–H and O–H groups in total. The summed E-state index contributed by atoms with van der Waals surface area (Å²) in [6.07, 6.45) is 2.08. The second kappa shape index (κ2) is 7.92. The van der Waals surface area contributed by atoms with E-state index in [2.05, 4.69) is 10.3 Å². The van der Waals surface area contributed by atoms with Crippen LogP contribution < -0.4 is 5.32 Å². The summed E-state index contributed by atoms with van der Waals surface area (Å²) < 4.78 is 28.3. The van der Waals surface area contributed by atoms with E-state index in [1.807, 2.05) is 35.8 Å². The van der Waals surface area contributed by atoms with Crippen molar-refractivity contribution in [2.75, 3.05) is 14.1 Å². The molecule has 5 rings (SSSR count). The maximum Gasteiger partial charge on any atom is 0.325 e. The van der Waals surface area contributed by atoms with Gasteiger partial charge in [0.2, 0.25) is 10.0 Å². The van der Waals surface area contributed by atoms with Crippen molar-refractivity contribution in [1.29, 1.82) is 0 Å². The monoisotopic (exact) mass is 481 g/mol. The van der Waals surface area contributed by atoms with Crippen molar-refractivity contribution >= 4 is 33.0 Å². The van der Waals surface area contributed by atoms with Gasteiger partial charge in [0.15, 0.2) is 0 Å². The second-order valence-corrected chi connectivity index (χ2v) is 11.2. The molecule has 2 aliphatic rings. The Morgan fingerprint density at radius 1 is 1.15 bits per heavy atom. The number of imide groups is 1. The van der Waals surface area contributed by atoms with Crippen LogP contribution in [0.25, 0.3) is 11.0 Å². The number of nitrogens with one attached hydrogen (secondary N) is 1. The number of benzene rings is 2. The van der Waals surface area contributed by atoms with Crippen LogP contribution in [0.1, 0.15) is 36.7 Å². The van der Waals surface area contributed by atoms with Gasteiger partial charge < -0.3 is 9.88 Å². The van der Waals surface area contributed by atoms with Gasteiger partial charge in [0.05, 0.1) is 22.5 Å². The molecule has 1 aliphatic carbocycles. The molecule has 9 nitrogen and oxygen atoms in total. The van der Waals surface area contributed by atoms with Crippen LogP contribution in [-0.2, 0) is 39.9 Å². The lowest BCUT2D eigenvalue weighted by molar-refractivity contribution is -0.132. The minimum absolute atomic E-state index is 0.0129. The van der Waals surface area contributed by atoms with Gasteiger partial charge in [0.1, 0.15) is 11.4 Å². The lowest BCUT2D eigenvalue weighted by Crippen LogP contribution is -2.41. The zero-order valence-electron chi connectivity index (χ0n) is 19.4. The molecule has 2 aromatic carbocycles. The summed E-state index contributed by atoms with van der Waals surface area (Å²) in [6.45, 7) is 2.67. The number of amides is 3. The quantitative estimate of drug-likeness (QED) is 0.545. The summed E-state index contributed by atoms with van der Waals surface area (Å²) in [5.41, 5.74) is 2.19. The zero-order valence-corrected chi connectivity index (χ0v) is 20.2. The summed E-state index contributed by atoms with van der Waals surface area (Å²) in [5.74, 6) is 0.275. The Morgan fingerprint density at radius 3 is 2.65 bits per heavy atom. The molecule has 0 saturated carbocycles. The molecule has 34 heavy (non-hydrogen) atoms. The van der Waals surface area contributed by atoms with Crippen LogP contribution in [0.5, 0.6) is 0 Å². The van der Waals surface area contributed by atoms with Crippen LogP contribution in [0.3, 0.4) is 0 Å². The fourth-order valence-corrected chi connectivity index (χ4v) is 5.92. The van der Waals surface area contributed by atoms with Gasteiger partial charge >= 0.3 is 6.03 Å². The van der Waals surface area contributed by atoms with Crippen LogP contribution in [0.15, 0.2) is 47.4 Å². The van der Waals surface area contributed by atoms with E-state index >= 15 is 0 Å². The zero-order chi connectivity index (χ0) is 24.3. The molecular formula is C24H27N5O4S. The Morgan fingerprint density at radius 2 is 1.91 bits per heavy atom. The first-order valence-corrected chi connectivity index (χ1v) is 12.8. The van der Waals surface area contributed by atoms with Crippen molar-refractivity contribution in [3.63, 3.8) is 0 Å². The maximum atomic E-state index is 13.6. The van der Waals surface area contributed by atoms with E-state index in [0.29, 0.717) is 24.3 Å². The largest absolute Gasteiger partial charge is 0.326 e. The predicted molar refractivity (Wildman–Crippen MR) is 126 cm³/mol. The highest BCUT2D eigenvalue weighted by Crippen LogP contribution is 2.41. The topological polar surface area (TPSA) is 105 Å². The van der Waals surface area contributed by atoms with Gasteiger partial charge in [-0.2, -0.15) is 0 Å². The standard InChI is InChI=1S/C24H27N5O4S/c1-4-13-28-20-10-9-17(34(32,33)27(2)3)14-19(20)25-21(28)15-29-22(30)24(26-23(29)31)12-11-16-7-5-6-8-18(16)24/h5-10,14H,4,11-13,15H2,1-3H3,(H,26,31). The number of rotatable bonds is 6. The fourth-order valence-electron chi connectivity index (χ4n) is 5.00. The SMILES string of the molecule is CCCn1c(CN2C(=O)NC3(CCc4ccccc43)C2=O)nc2cc(S(=O)(=O)N(C)C)ccc21. The van der Waals surface area contributed by atoms with Gasteiger partial charge in [-0.05, 0) is 48.6 Å². The molecule has 3 aromatic rings. The lowest BCUT2D eigenvalue weighted by atomic mass is 9.92. The number of urea groups is 1. The Hall–Kier alpha value is -3.24. The molecular weight excluding hydrogens is 454 g/mol. The van der Waals surface area contributed by atoms with Crippen molar-refractivity contribution in [3.8, 4) is 0 Å². The third-order valence-electron chi connectivity index (χ3n) is 6.75. The van der Waals surface area contributed by atoms with E-state index in [-0.39, 0.29) is 17.3 Å². The molecule has 1 aromatic heterocycles. The molecule has 1 spiro atoms. The number of nitrogens with zero attached hydrogens (tertiary/aromatic N) is 4. The van der Waals surface area contributed by atoms with Crippen molar-refractivity contribution in [2.45, 2.75) is 49.7 Å². The molecule has 3 amide bonds. The van der Waals surface area contributed by atoms with Crippen molar-refractivity contribution in [3.05, 3.63) is 59.4 Å². The maximum absolute atomic E-state index is 13.6. The van der Waals surface area contributed by atoms with Gasteiger partial charge in [-0.3, -0.25) is 9.69 Å². The minimum Gasteiger partial charge on any atom is -0.326 e. The average Bonchev–Trinajstić information content (AvgIpc) is 3.43. The van der Waals surface area contributed by atoms with Gasteiger partial charge in [0.25, 0.3) is 5.91 Å². The molecule has 10 heteroatoms. The van der Waals surface area contributed by atoms with E-state index in [1.54, 1.807) is 18.2 Å². The summed E-state index contributed by atoms with van der Waals surface area (Å²) >= 11 is 0. The molecule has 178 valence electrons. The van der Waals surface area contributed by atoms with Crippen LogP contribution in [-0.4, -0.2) is 53.2 Å². The Balaban J connectivity index is 1.53. The number of hydrogen-bond donors (Lipinski definition) is 1. The van der Waals surface area contributed by atoms with Crippen LogP contribution in [0, 0.1) is 0 Å². The number of carbonyl (C=O) groups is 2. The van der Waals surface area contributed by atoms with E-state index < -0.39 is 21.6 Å². The second-order valence-electron chi connectivity index (χ2n) is 9.00. The molecule has 1 aliphatic heterocycles. The summed E-state index contributed by atoms with van der Waals surface area (Å²) in [6, 6.07) is 12.1. The third kappa shape index (κ3) is 3.24. The smallest absolute Gasteiger partial charge is 0.325 e. The molecule has 0 bridgehead atoms. The number of carbonyl (C=O) groups excluding carboxylic acids is 2. The van der Waals surface area contributed by atoms with E-state index in [4.69, 9.17) is 0 Å². The fraction of sp³-hybridized carbons (Fsp3) is 0.375. The highest BCUT2D eigenvalue weighted by atomic mass is 32.2. The molecule has 1 atom stereocenters. The number of aromatic nitrogens is 2. The summed E-state index contributed by atoms with van der Waals surface area (Å²) in [7, 11) is -0.650. The number of imidazole rings is 1. The lowest BCUT2D eigenvalue weighted by Gasteiger charge is -2.22. The highest BCUT2D eigenvalue weighted by molar-refractivity contribution is 7.89. The molecule has 1 saturated heterocycles. The first-order chi connectivity index (χ1) is 16.2. The molecule has 1 unspecified atom stereocenters. The predicted octanol–water partition coefficient (Wildman–Crippen LogP) is 2.59. The van der Waals surface area contributed by atoms with Gasteiger partial charge in [-0.1, -0.05) is 31.2 Å². The third-order valence-corrected chi connectivity index (χ3v) is 8.56. The minimum atomic E-state index is -3.61. The van der Waals surface area contributed by atoms with Gasteiger partial charge in [-0.15, -0.1) is 0 Å². The Kier molecular flexibility index (Phi) is 5.25. The first-order valence-electron chi connectivity index (χ1n) is 11.3. The van der Waals surface area contributed by atoms with Gasteiger partial charge in [0, 0.05) is 20.6 Å². The number of aryl methyl sites for hydroxylation is 2. The van der Waals surface area contributed by atoms with Crippen molar-refractivity contribution in [2.24, 2.45) is 0 Å². The number of sulfonamides is 1. The Bertz CT molecular complexity index is 1430. The van der Waals surface area contributed by atoms with Crippen molar-refractivity contribution < 1.29 is 18.0 Å². The van der Waals surface area contributed by atoms with E-state index in [9.17, 15) is 18.0 Å². The van der Waals surface area contributed by atoms with Crippen LogP contribution in [0.2, 0.25) is 0 Å². The van der Waals surface area contributed by atoms with Crippen molar-refractivity contribution in [1.82, 2.24) is 24.1 Å². The Labute approximate surface area is 198 Å². The summed E-state index contributed by atoms with van der Waals surface area (Å²) in [4.78, 5) is 32.6. The van der Waals surface area contributed by atoms with Gasteiger partial charge in [-0.25, -0.2) is 22.5 Å². The molecule has 2 heterocycles. The number of fused-ring (bicyclic) bond motifs is 3. The van der Waals surface area contributed by atoms with E-state index in [1.165, 1.54) is 19.0 Å². The highest BCUT2D eigenvalue weighted by Gasteiger charge is 2.55. The average molecular weight is 482 g/mol. The van der Waals surface area contributed by atoms with Crippen LogP contribution in [0.4, 0.5) is 4.79 Å². The molecule has 0 radical (unpaired) electrons. The van der Waals surface area contributed by atoms with E-state index in [0.717, 1.165) is 33.8 Å². The first kappa shape index (κ1) is 22.5.